The van der Waals surface area contributed by atoms with E-state index >= 15 is 0 Å². The second-order valence-electron chi connectivity index (χ2n) is 4.67. The van der Waals surface area contributed by atoms with Crippen molar-refractivity contribution in [2.75, 3.05) is 0 Å². The fraction of sp³-hybridized carbons (Fsp3) is 0.538. The SMILES string of the molecule is CC(=O)NC(C)C(=O)NC1CCCc2occc21. The van der Waals surface area contributed by atoms with E-state index in [9.17, 15) is 9.59 Å². The van der Waals surface area contributed by atoms with Gasteiger partial charge in [0.25, 0.3) is 0 Å². The molecule has 0 saturated carbocycles. The molecule has 1 aliphatic rings. The summed E-state index contributed by atoms with van der Waals surface area (Å²) in [7, 11) is 0. The third-order valence-electron chi connectivity index (χ3n) is 3.18. The summed E-state index contributed by atoms with van der Waals surface area (Å²) in [6, 6.07) is 1.39. The van der Waals surface area contributed by atoms with Crippen molar-refractivity contribution in [3.63, 3.8) is 0 Å². The van der Waals surface area contributed by atoms with Gasteiger partial charge in [-0.15, -0.1) is 0 Å². The summed E-state index contributed by atoms with van der Waals surface area (Å²) in [5.74, 6) is 0.591. The van der Waals surface area contributed by atoms with Gasteiger partial charge < -0.3 is 15.1 Å². The van der Waals surface area contributed by atoms with Crippen molar-refractivity contribution >= 4 is 11.8 Å². The van der Waals surface area contributed by atoms with Gasteiger partial charge in [0.15, 0.2) is 0 Å². The molecule has 0 fully saturated rings. The molecule has 5 nitrogen and oxygen atoms in total. The monoisotopic (exact) mass is 250 g/mol. The van der Waals surface area contributed by atoms with Gasteiger partial charge in [0.2, 0.25) is 11.8 Å². The Morgan fingerprint density at radius 3 is 3.00 bits per heavy atom. The van der Waals surface area contributed by atoms with Gasteiger partial charge in [0.05, 0.1) is 12.3 Å². The van der Waals surface area contributed by atoms with Crippen LogP contribution in [0.25, 0.3) is 0 Å². The number of amides is 2. The second kappa shape index (κ2) is 5.25. The Hall–Kier alpha value is -1.78. The average Bonchev–Trinajstić information content (AvgIpc) is 2.77. The lowest BCUT2D eigenvalue weighted by molar-refractivity contribution is -0.128. The van der Waals surface area contributed by atoms with E-state index in [2.05, 4.69) is 10.6 Å². The minimum Gasteiger partial charge on any atom is -0.469 e. The lowest BCUT2D eigenvalue weighted by Gasteiger charge is -2.24. The third-order valence-corrected chi connectivity index (χ3v) is 3.18. The lowest BCUT2D eigenvalue weighted by Crippen LogP contribution is -2.45. The summed E-state index contributed by atoms with van der Waals surface area (Å²) in [4.78, 5) is 22.8. The predicted molar refractivity (Wildman–Crippen MR) is 65.8 cm³/mol. The zero-order valence-corrected chi connectivity index (χ0v) is 10.7. The van der Waals surface area contributed by atoms with Crippen LogP contribution in [0.4, 0.5) is 0 Å². The molecule has 5 heteroatoms. The Morgan fingerprint density at radius 2 is 2.28 bits per heavy atom. The number of hydrogen-bond acceptors (Lipinski definition) is 3. The van der Waals surface area contributed by atoms with Crippen molar-refractivity contribution in [3.8, 4) is 0 Å². The zero-order valence-electron chi connectivity index (χ0n) is 10.7. The molecule has 2 unspecified atom stereocenters. The largest absolute Gasteiger partial charge is 0.469 e. The molecule has 1 heterocycles. The summed E-state index contributed by atoms with van der Waals surface area (Å²) < 4.78 is 5.37. The number of aryl methyl sites for hydroxylation is 1. The van der Waals surface area contributed by atoms with Gasteiger partial charge in [0.1, 0.15) is 11.8 Å². The van der Waals surface area contributed by atoms with Gasteiger partial charge in [-0.3, -0.25) is 9.59 Å². The first-order valence-electron chi connectivity index (χ1n) is 6.21. The van der Waals surface area contributed by atoms with E-state index in [4.69, 9.17) is 4.42 Å². The van der Waals surface area contributed by atoms with Crippen molar-refractivity contribution < 1.29 is 14.0 Å². The number of fused-ring (bicyclic) bond motifs is 1. The molecule has 0 spiro atoms. The molecular weight excluding hydrogens is 232 g/mol. The number of carbonyl (C=O) groups is 2. The number of nitrogens with one attached hydrogen (secondary N) is 2. The smallest absolute Gasteiger partial charge is 0.242 e. The summed E-state index contributed by atoms with van der Waals surface area (Å²) >= 11 is 0. The van der Waals surface area contributed by atoms with Crippen LogP contribution in [0.15, 0.2) is 16.7 Å². The van der Waals surface area contributed by atoms with Crippen LogP contribution in [0, 0.1) is 0 Å². The number of hydrogen-bond donors (Lipinski definition) is 2. The quantitative estimate of drug-likeness (QED) is 0.849. The van der Waals surface area contributed by atoms with Crippen LogP contribution >= 0.6 is 0 Å². The molecule has 0 bridgehead atoms. The molecule has 18 heavy (non-hydrogen) atoms. The van der Waals surface area contributed by atoms with Crippen molar-refractivity contribution in [2.45, 2.75) is 45.2 Å². The molecule has 1 aromatic rings. The van der Waals surface area contributed by atoms with Crippen LogP contribution in [0.1, 0.15) is 44.1 Å². The van der Waals surface area contributed by atoms with Gasteiger partial charge in [-0.05, 0) is 25.8 Å². The summed E-state index contributed by atoms with van der Waals surface area (Å²) in [5.41, 5.74) is 1.06. The highest BCUT2D eigenvalue weighted by atomic mass is 16.3. The molecule has 1 aromatic heterocycles. The van der Waals surface area contributed by atoms with Crippen LogP contribution in [0.5, 0.6) is 0 Å². The van der Waals surface area contributed by atoms with Crippen LogP contribution in [0.3, 0.4) is 0 Å². The molecule has 2 N–H and O–H groups in total. The van der Waals surface area contributed by atoms with Crippen molar-refractivity contribution in [1.82, 2.24) is 10.6 Å². The first-order valence-corrected chi connectivity index (χ1v) is 6.21. The maximum Gasteiger partial charge on any atom is 0.242 e. The molecule has 2 rings (SSSR count). The topological polar surface area (TPSA) is 71.3 Å². The minimum absolute atomic E-state index is 0.00351. The second-order valence-corrected chi connectivity index (χ2v) is 4.67. The van der Waals surface area contributed by atoms with Crippen LogP contribution < -0.4 is 10.6 Å². The maximum atomic E-state index is 11.9. The number of rotatable bonds is 3. The lowest BCUT2D eigenvalue weighted by atomic mass is 9.93. The first-order chi connectivity index (χ1) is 8.58. The molecule has 0 saturated heterocycles. The summed E-state index contributed by atoms with van der Waals surface area (Å²) in [5, 5.41) is 5.53. The van der Waals surface area contributed by atoms with Crippen molar-refractivity contribution in [2.24, 2.45) is 0 Å². The highest BCUT2D eigenvalue weighted by molar-refractivity contribution is 5.86. The first kappa shape index (κ1) is 12.7. The van der Waals surface area contributed by atoms with Crippen LogP contribution in [-0.2, 0) is 16.0 Å². The molecule has 0 radical (unpaired) electrons. The zero-order chi connectivity index (χ0) is 13.1. The third kappa shape index (κ3) is 2.72. The van der Waals surface area contributed by atoms with E-state index in [-0.39, 0.29) is 17.9 Å². The number of furan rings is 1. The molecule has 2 atom stereocenters. The van der Waals surface area contributed by atoms with Crippen molar-refractivity contribution in [3.05, 3.63) is 23.7 Å². The Morgan fingerprint density at radius 1 is 1.50 bits per heavy atom. The summed E-state index contributed by atoms with van der Waals surface area (Å²) in [6.07, 6.45) is 4.49. The average molecular weight is 250 g/mol. The Kier molecular flexibility index (Phi) is 3.69. The molecule has 1 aliphatic carbocycles. The molecule has 98 valence electrons. The van der Waals surface area contributed by atoms with Crippen molar-refractivity contribution in [1.29, 1.82) is 0 Å². The normalized spacial score (nSPS) is 19.8. The fourth-order valence-electron chi connectivity index (χ4n) is 2.30. The standard InChI is InChI=1S/C13H18N2O3/c1-8(14-9(2)16)13(17)15-11-4-3-5-12-10(11)6-7-18-12/h6-8,11H,3-5H2,1-2H3,(H,14,16)(H,15,17). The van der Waals surface area contributed by atoms with Gasteiger partial charge in [-0.1, -0.05) is 0 Å². The van der Waals surface area contributed by atoms with Gasteiger partial charge in [0, 0.05) is 18.9 Å². The highest BCUT2D eigenvalue weighted by Gasteiger charge is 2.25. The molecular formula is C13H18N2O3. The maximum absolute atomic E-state index is 11.9. The molecule has 2 amide bonds. The van der Waals surface area contributed by atoms with Crippen LogP contribution in [-0.4, -0.2) is 17.9 Å². The van der Waals surface area contributed by atoms with E-state index in [0.29, 0.717) is 0 Å². The van der Waals surface area contributed by atoms with E-state index in [1.54, 1.807) is 13.2 Å². The highest BCUT2D eigenvalue weighted by Crippen LogP contribution is 2.30. The number of carbonyl (C=O) groups excluding carboxylic acids is 2. The Bertz CT molecular complexity index is 453. The molecule has 0 aromatic carbocycles. The predicted octanol–water partition coefficient (Wildman–Crippen LogP) is 1.30. The van der Waals surface area contributed by atoms with Gasteiger partial charge >= 0.3 is 0 Å². The van der Waals surface area contributed by atoms with Gasteiger partial charge in [-0.25, -0.2) is 0 Å². The van der Waals surface area contributed by atoms with E-state index in [1.165, 1.54) is 6.92 Å². The van der Waals surface area contributed by atoms with E-state index in [1.807, 2.05) is 6.07 Å². The van der Waals surface area contributed by atoms with E-state index < -0.39 is 6.04 Å². The van der Waals surface area contributed by atoms with Gasteiger partial charge in [-0.2, -0.15) is 0 Å². The Balaban J connectivity index is 1.99. The van der Waals surface area contributed by atoms with Crippen LogP contribution in [0.2, 0.25) is 0 Å². The summed E-state index contributed by atoms with van der Waals surface area (Å²) in [6.45, 7) is 3.08. The fourth-order valence-corrected chi connectivity index (χ4v) is 2.30. The molecule has 0 aliphatic heterocycles. The van der Waals surface area contributed by atoms with E-state index in [0.717, 1.165) is 30.6 Å². The minimum atomic E-state index is -0.514. The Labute approximate surface area is 106 Å².